The Morgan fingerprint density at radius 1 is 1.32 bits per heavy atom. The third kappa shape index (κ3) is 8.08. The first-order valence-electron chi connectivity index (χ1n) is 7.23. The zero-order valence-corrected chi connectivity index (χ0v) is 12.9. The summed E-state index contributed by atoms with van der Waals surface area (Å²) >= 11 is 0. The molecule has 0 bridgehead atoms. The van der Waals surface area contributed by atoms with E-state index in [2.05, 4.69) is 10.6 Å². The maximum Gasteiger partial charge on any atom is 0.321 e. The van der Waals surface area contributed by atoms with Crippen LogP contribution in [-0.2, 0) is 20.7 Å². The number of hydrogen-bond acceptors (Lipinski definition) is 5. The quantitative estimate of drug-likeness (QED) is 0.711. The van der Waals surface area contributed by atoms with Gasteiger partial charge in [0.25, 0.3) is 5.91 Å². The molecule has 22 heavy (non-hydrogen) atoms. The lowest BCUT2D eigenvalue weighted by Gasteiger charge is -2.08. The number of amides is 3. The van der Waals surface area contributed by atoms with E-state index < -0.39 is 24.5 Å². The number of imide groups is 1. The fourth-order valence-electron chi connectivity index (χ4n) is 1.58. The van der Waals surface area contributed by atoms with Gasteiger partial charge in [-0.2, -0.15) is 0 Å². The first-order chi connectivity index (χ1) is 10.5. The number of ether oxygens (including phenoxy) is 1. The normalized spacial score (nSPS) is 10.3. The summed E-state index contributed by atoms with van der Waals surface area (Å²) in [4.78, 5) is 34.2. The summed E-state index contributed by atoms with van der Waals surface area (Å²) in [6.07, 6.45) is 2.86. The fraction of sp³-hybridized carbons (Fsp3) is 0.533. The van der Waals surface area contributed by atoms with E-state index in [4.69, 9.17) is 9.15 Å². The molecule has 1 rings (SSSR count). The van der Waals surface area contributed by atoms with Crippen molar-refractivity contribution in [2.45, 2.75) is 33.1 Å². The van der Waals surface area contributed by atoms with Crippen molar-refractivity contribution in [2.24, 2.45) is 5.92 Å². The van der Waals surface area contributed by atoms with Gasteiger partial charge in [-0.05, 0) is 24.5 Å². The fourth-order valence-corrected chi connectivity index (χ4v) is 1.58. The predicted molar refractivity (Wildman–Crippen MR) is 79.0 cm³/mol. The van der Waals surface area contributed by atoms with Crippen LogP contribution in [0.25, 0.3) is 0 Å². The van der Waals surface area contributed by atoms with Crippen LogP contribution in [0.4, 0.5) is 4.79 Å². The van der Waals surface area contributed by atoms with E-state index in [1.807, 2.05) is 13.8 Å². The van der Waals surface area contributed by atoms with Crippen LogP contribution in [0.3, 0.4) is 0 Å². The number of rotatable bonds is 8. The maximum atomic E-state index is 11.4. The lowest BCUT2D eigenvalue weighted by Crippen LogP contribution is -2.42. The number of nitrogens with one attached hydrogen (secondary N) is 2. The number of hydrogen-bond donors (Lipinski definition) is 2. The largest absolute Gasteiger partial charge is 0.469 e. The highest BCUT2D eigenvalue weighted by molar-refractivity contribution is 5.95. The molecule has 1 aromatic heterocycles. The smallest absolute Gasteiger partial charge is 0.321 e. The van der Waals surface area contributed by atoms with Gasteiger partial charge in [0.2, 0.25) is 0 Å². The molecule has 7 nitrogen and oxygen atoms in total. The van der Waals surface area contributed by atoms with Gasteiger partial charge in [-0.25, -0.2) is 4.79 Å². The van der Waals surface area contributed by atoms with Gasteiger partial charge in [0.15, 0.2) is 6.61 Å². The van der Waals surface area contributed by atoms with E-state index in [-0.39, 0.29) is 6.42 Å². The van der Waals surface area contributed by atoms with Gasteiger partial charge in [-0.15, -0.1) is 0 Å². The van der Waals surface area contributed by atoms with Gasteiger partial charge >= 0.3 is 12.0 Å². The van der Waals surface area contributed by atoms with E-state index in [0.29, 0.717) is 24.6 Å². The number of carbonyl (C=O) groups excluding carboxylic acids is 3. The summed E-state index contributed by atoms with van der Waals surface area (Å²) in [5.41, 5.74) is 0. The second-order valence-corrected chi connectivity index (χ2v) is 5.23. The average Bonchev–Trinajstić information content (AvgIpc) is 2.95. The van der Waals surface area contributed by atoms with E-state index in [1.165, 1.54) is 6.26 Å². The molecule has 0 radical (unpaired) electrons. The Morgan fingerprint density at radius 3 is 2.73 bits per heavy atom. The van der Waals surface area contributed by atoms with Gasteiger partial charge < -0.3 is 14.5 Å². The molecule has 0 atom stereocenters. The van der Waals surface area contributed by atoms with Crippen molar-refractivity contribution >= 4 is 17.9 Å². The summed E-state index contributed by atoms with van der Waals surface area (Å²) in [6.45, 7) is 4.08. The lowest BCUT2D eigenvalue weighted by atomic mass is 10.1. The molecule has 0 aliphatic rings. The first kappa shape index (κ1) is 17.7. The van der Waals surface area contributed by atoms with Crippen molar-refractivity contribution in [3.05, 3.63) is 24.2 Å². The zero-order valence-electron chi connectivity index (χ0n) is 12.9. The van der Waals surface area contributed by atoms with E-state index in [0.717, 1.165) is 6.42 Å². The summed E-state index contributed by atoms with van der Waals surface area (Å²) in [6, 6.07) is 2.89. The molecule has 0 aliphatic heterocycles. The average molecular weight is 310 g/mol. The van der Waals surface area contributed by atoms with Crippen LogP contribution in [0.5, 0.6) is 0 Å². The molecule has 3 amide bonds. The minimum absolute atomic E-state index is 0.112. The molecule has 122 valence electrons. The van der Waals surface area contributed by atoms with Crippen LogP contribution in [0.2, 0.25) is 0 Å². The maximum absolute atomic E-state index is 11.4. The number of furan rings is 1. The first-order valence-corrected chi connectivity index (χ1v) is 7.23. The van der Waals surface area contributed by atoms with Crippen molar-refractivity contribution in [1.82, 2.24) is 10.6 Å². The highest BCUT2D eigenvalue weighted by Crippen LogP contribution is 2.04. The molecule has 0 saturated carbocycles. The molecule has 0 aliphatic carbocycles. The molecular weight excluding hydrogens is 288 g/mol. The Hall–Kier alpha value is -2.31. The molecule has 7 heteroatoms. The van der Waals surface area contributed by atoms with E-state index in [9.17, 15) is 14.4 Å². The van der Waals surface area contributed by atoms with E-state index in [1.54, 1.807) is 12.1 Å². The highest BCUT2D eigenvalue weighted by atomic mass is 16.5. The monoisotopic (exact) mass is 310 g/mol. The van der Waals surface area contributed by atoms with Gasteiger partial charge in [0.05, 0.1) is 12.7 Å². The van der Waals surface area contributed by atoms with Crippen molar-refractivity contribution in [3.63, 3.8) is 0 Å². The van der Waals surface area contributed by atoms with Gasteiger partial charge in [-0.3, -0.25) is 14.9 Å². The molecule has 1 heterocycles. The number of aryl methyl sites for hydroxylation is 1. The Kier molecular flexibility index (Phi) is 7.74. The van der Waals surface area contributed by atoms with Crippen LogP contribution in [0.15, 0.2) is 22.8 Å². The second kappa shape index (κ2) is 9.59. The molecule has 0 fully saturated rings. The Balaban J connectivity index is 2.11. The minimum atomic E-state index is -0.659. The van der Waals surface area contributed by atoms with Crippen molar-refractivity contribution in [2.75, 3.05) is 13.2 Å². The SMILES string of the molecule is CC(C)CCNC(=O)NC(=O)COC(=O)CCc1ccco1. The molecule has 1 aromatic rings. The van der Waals surface area contributed by atoms with Crippen LogP contribution < -0.4 is 10.6 Å². The summed E-state index contributed by atoms with van der Waals surface area (Å²) in [5.74, 6) is -0.0442. The minimum Gasteiger partial charge on any atom is -0.469 e. The van der Waals surface area contributed by atoms with Crippen LogP contribution in [0.1, 0.15) is 32.4 Å². The highest BCUT2D eigenvalue weighted by Gasteiger charge is 2.11. The lowest BCUT2D eigenvalue weighted by molar-refractivity contribution is -0.148. The van der Waals surface area contributed by atoms with Crippen LogP contribution >= 0.6 is 0 Å². The molecule has 0 unspecified atom stereocenters. The molecule has 0 saturated heterocycles. The second-order valence-electron chi connectivity index (χ2n) is 5.23. The zero-order chi connectivity index (χ0) is 16.4. The van der Waals surface area contributed by atoms with Crippen LogP contribution in [-0.4, -0.2) is 31.1 Å². The van der Waals surface area contributed by atoms with Crippen LogP contribution in [0, 0.1) is 5.92 Å². The molecule has 2 N–H and O–H groups in total. The standard InChI is InChI=1S/C15H22N2O5/c1-11(2)7-8-16-15(20)17-13(18)10-22-14(19)6-5-12-4-3-9-21-12/h3-4,9,11H,5-8,10H2,1-2H3,(H2,16,17,18,20). The molecule has 0 spiro atoms. The third-order valence-electron chi connectivity index (χ3n) is 2.78. The van der Waals surface area contributed by atoms with Crippen molar-refractivity contribution in [3.8, 4) is 0 Å². The van der Waals surface area contributed by atoms with Gasteiger partial charge in [-0.1, -0.05) is 13.8 Å². The van der Waals surface area contributed by atoms with E-state index >= 15 is 0 Å². The number of esters is 1. The summed E-state index contributed by atoms with van der Waals surface area (Å²) in [5, 5.41) is 4.65. The van der Waals surface area contributed by atoms with Crippen molar-refractivity contribution in [1.29, 1.82) is 0 Å². The third-order valence-corrected chi connectivity index (χ3v) is 2.78. The predicted octanol–water partition coefficient (Wildman–Crippen LogP) is 1.63. The Bertz CT molecular complexity index is 482. The Morgan fingerprint density at radius 2 is 2.09 bits per heavy atom. The molecule has 0 aromatic carbocycles. The number of carbonyl (C=O) groups is 3. The Labute approximate surface area is 129 Å². The van der Waals surface area contributed by atoms with Gasteiger partial charge in [0.1, 0.15) is 5.76 Å². The van der Waals surface area contributed by atoms with Gasteiger partial charge in [0, 0.05) is 13.0 Å². The number of urea groups is 1. The molecular formula is C15H22N2O5. The topological polar surface area (TPSA) is 97.6 Å². The summed E-state index contributed by atoms with van der Waals surface area (Å²) in [7, 11) is 0. The van der Waals surface area contributed by atoms with Crippen molar-refractivity contribution < 1.29 is 23.5 Å². The summed E-state index contributed by atoms with van der Waals surface area (Å²) < 4.78 is 9.85.